The first-order valence-electron chi connectivity index (χ1n) is 12.0. The molecular weight excluding hydrogens is 360 g/mol. The molecule has 0 aromatic rings. The molecule has 0 aromatic carbocycles. The van der Waals surface area contributed by atoms with Crippen molar-refractivity contribution >= 4 is 11.8 Å². The zero-order chi connectivity index (χ0) is 20.2. The van der Waals surface area contributed by atoms with Crippen molar-refractivity contribution in [2.45, 2.75) is 89.6 Å². The maximum atomic E-state index is 12.8. The predicted octanol–water partition coefficient (Wildman–Crippen LogP) is 5.23. The van der Waals surface area contributed by atoms with Crippen LogP contribution < -0.4 is 0 Å². The highest BCUT2D eigenvalue weighted by atomic mass is 16.6. The number of esters is 1. The van der Waals surface area contributed by atoms with Crippen LogP contribution in [0.25, 0.3) is 0 Å². The predicted molar refractivity (Wildman–Crippen MR) is 112 cm³/mol. The van der Waals surface area contributed by atoms with E-state index in [-0.39, 0.29) is 17.3 Å². The van der Waals surface area contributed by atoms with Gasteiger partial charge in [-0.25, -0.2) is 0 Å². The lowest BCUT2D eigenvalue weighted by molar-refractivity contribution is -0.180. The Kier molecular flexibility index (Phi) is 4.68. The van der Waals surface area contributed by atoms with Crippen molar-refractivity contribution in [1.29, 1.82) is 0 Å². The van der Waals surface area contributed by atoms with Crippen LogP contribution >= 0.6 is 0 Å². The number of rotatable bonds is 3. The van der Waals surface area contributed by atoms with Crippen molar-refractivity contribution < 1.29 is 14.3 Å². The molecule has 0 saturated heterocycles. The minimum absolute atomic E-state index is 0.0375. The van der Waals surface area contributed by atoms with Gasteiger partial charge < -0.3 is 4.74 Å². The molecule has 5 aliphatic carbocycles. The Morgan fingerprint density at radius 2 is 1.97 bits per heavy atom. The number of ketones is 1. The highest BCUT2D eigenvalue weighted by Crippen LogP contribution is 2.67. The van der Waals surface area contributed by atoms with Crippen LogP contribution in [0.3, 0.4) is 0 Å². The Balaban J connectivity index is 1.44. The van der Waals surface area contributed by atoms with E-state index in [1.807, 2.05) is 6.08 Å². The van der Waals surface area contributed by atoms with Crippen LogP contribution in [0.1, 0.15) is 84.0 Å². The monoisotopic (exact) mass is 394 g/mol. The second-order valence-electron chi connectivity index (χ2n) is 10.4. The summed E-state index contributed by atoms with van der Waals surface area (Å²) in [5.41, 5.74) is 0.653. The van der Waals surface area contributed by atoms with Gasteiger partial charge in [0.2, 0.25) is 0 Å². The van der Waals surface area contributed by atoms with Crippen LogP contribution in [0.2, 0.25) is 0 Å². The molecule has 0 aromatic heterocycles. The molecule has 4 saturated carbocycles. The number of terminal acetylenes is 1. The molecule has 0 heterocycles. The van der Waals surface area contributed by atoms with Gasteiger partial charge in [-0.3, -0.25) is 9.59 Å². The average molecular weight is 395 g/mol. The molecule has 0 spiro atoms. The van der Waals surface area contributed by atoms with E-state index in [2.05, 4.69) is 12.8 Å². The quantitative estimate of drug-likeness (QED) is 0.486. The number of allylic oxidation sites excluding steroid dienone is 1. The molecule has 29 heavy (non-hydrogen) atoms. The molecule has 0 aliphatic heterocycles. The summed E-state index contributed by atoms with van der Waals surface area (Å²) in [4.78, 5) is 24.7. The van der Waals surface area contributed by atoms with Crippen molar-refractivity contribution in [2.75, 3.05) is 0 Å². The van der Waals surface area contributed by atoms with E-state index < -0.39 is 5.60 Å². The first-order valence-corrected chi connectivity index (χ1v) is 12.0. The summed E-state index contributed by atoms with van der Waals surface area (Å²) in [6.07, 6.45) is 20.3. The molecule has 3 nitrogen and oxygen atoms in total. The van der Waals surface area contributed by atoms with Crippen molar-refractivity contribution in [3.8, 4) is 12.3 Å². The van der Waals surface area contributed by atoms with Crippen LogP contribution in [0.5, 0.6) is 0 Å². The van der Waals surface area contributed by atoms with Crippen LogP contribution in [0.4, 0.5) is 0 Å². The first-order chi connectivity index (χ1) is 14.0. The van der Waals surface area contributed by atoms with E-state index in [4.69, 9.17) is 11.2 Å². The normalized spacial score (nSPS) is 43.9. The maximum absolute atomic E-state index is 12.8. The SMILES string of the molecule is C#CC1(OC(=O)C2CCC2)CC[C@H]2[C@@H]3CCC4=CC(=O)CC[C@@H]4[C@H]3CC[C@@]21CC. The van der Waals surface area contributed by atoms with E-state index >= 15 is 0 Å². The molecule has 0 N–H and O–H groups in total. The number of fused-ring (bicyclic) bond motifs is 5. The van der Waals surface area contributed by atoms with Crippen LogP contribution in [0, 0.1) is 47.3 Å². The number of carbonyl (C=O) groups is 2. The van der Waals surface area contributed by atoms with Gasteiger partial charge in [0, 0.05) is 11.8 Å². The third-order valence-corrected chi connectivity index (χ3v) is 9.70. The van der Waals surface area contributed by atoms with Gasteiger partial charge in [0.1, 0.15) is 0 Å². The van der Waals surface area contributed by atoms with Gasteiger partial charge >= 0.3 is 5.97 Å². The Morgan fingerprint density at radius 3 is 2.66 bits per heavy atom. The average Bonchev–Trinajstić information content (AvgIpc) is 3.01. The molecular formula is C26H34O3. The molecule has 6 atom stereocenters. The zero-order valence-electron chi connectivity index (χ0n) is 17.8. The molecule has 4 fully saturated rings. The van der Waals surface area contributed by atoms with Gasteiger partial charge in [0.05, 0.1) is 5.92 Å². The van der Waals surface area contributed by atoms with E-state index in [1.54, 1.807) is 0 Å². The van der Waals surface area contributed by atoms with Gasteiger partial charge in [-0.1, -0.05) is 24.8 Å². The van der Waals surface area contributed by atoms with Crippen molar-refractivity contribution in [3.05, 3.63) is 11.6 Å². The highest BCUT2D eigenvalue weighted by molar-refractivity contribution is 5.91. The van der Waals surface area contributed by atoms with Gasteiger partial charge in [-0.15, -0.1) is 6.42 Å². The van der Waals surface area contributed by atoms with E-state index in [0.717, 1.165) is 64.2 Å². The number of hydrogen-bond acceptors (Lipinski definition) is 3. The molecule has 1 unspecified atom stereocenters. The second kappa shape index (κ2) is 7.00. The summed E-state index contributed by atoms with van der Waals surface area (Å²) in [6, 6.07) is 0. The van der Waals surface area contributed by atoms with Gasteiger partial charge in [0.25, 0.3) is 0 Å². The van der Waals surface area contributed by atoms with Crippen LogP contribution in [0.15, 0.2) is 11.6 Å². The number of carbonyl (C=O) groups excluding carboxylic acids is 2. The van der Waals surface area contributed by atoms with E-state index in [0.29, 0.717) is 35.9 Å². The first kappa shape index (κ1) is 19.4. The topological polar surface area (TPSA) is 43.4 Å². The summed E-state index contributed by atoms with van der Waals surface area (Å²) in [5, 5.41) is 0. The Morgan fingerprint density at radius 1 is 1.14 bits per heavy atom. The Hall–Kier alpha value is -1.56. The fraction of sp³-hybridized carbons (Fsp3) is 0.769. The lowest BCUT2D eigenvalue weighted by Gasteiger charge is -2.56. The minimum Gasteiger partial charge on any atom is -0.445 e. The minimum atomic E-state index is -0.706. The van der Waals surface area contributed by atoms with Crippen molar-refractivity contribution in [2.24, 2.45) is 35.0 Å². The second-order valence-corrected chi connectivity index (χ2v) is 10.4. The van der Waals surface area contributed by atoms with Gasteiger partial charge in [-0.2, -0.15) is 0 Å². The fourth-order valence-corrected chi connectivity index (χ4v) is 8.02. The molecule has 0 bridgehead atoms. The summed E-state index contributed by atoms with van der Waals surface area (Å²) in [5.74, 6) is 5.92. The summed E-state index contributed by atoms with van der Waals surface area (Å²) >= 11 is 0. The van der Waals surface area contributed by atoms with Crippen molar-refractivity contribution in [3.63, 3.8) is 0 Å². The van der Waals surface area contributed by atoms with Crippen LogP contribution in [-0.4, -0.2) is 17.4 Å². The van der Waals surface area contributed by atoms with Gasteiger partial charge in [0.15, 0.2) is 11.4 Å². The largest absolute Gasteiger partial charge is 0.445 e. The molecule has 156 valence electrons. The smallest absolute Gasteiger partial charge is 0.310 e. The molecule has 0 radical (unpaired) electrons. The Bertz CT molecular complexity index is 784. The lowest BCUT2D eigenvalue weighted by Crippen LogP contribution is -2.55. The van der Waals surface area contributed by atoms with E-state index in [1.165, 1.54) is 12.0 Å². The standard InChI is InChI=1S/C26H34O3/c1-3-25-14-12-21-20-11-9-19(27)16-18(20)8-10-22(21)23(25)13-15-26(25,4-2)29-24(28)17-6-5-7-17/h2,16-17,20-23H,3,5-15H2,1H3/t20-,21+,22+,23-,25-,26?/m0/s1. The molecule has 3 heteroatoms. The van der Waals surface area contributed by atoms with Crippen LogP contribution in [-0.2, 0) is 14.3 Å². The van der Waals surface area contributed by atoms with Gasteiger partial charge in [-0.05, 0) is 94.0 Å². The molecule has 5 rings (SSSR count). The fourth-order valence-electron chi connectivity index (χ4n) is 8.02. The molecule has 0 amide bonds. The number of ether oxygens (including phenoxy) is 1. The summed E-state index contributed by atoms with van der Waals surface area (Å²) in [7, 11) is 0. The Labute approximate surface area is 175 Å². The van der Waals surface area contributed by atoms with Crippen molar-refractivity contribution in [1.82, 2.24) is 0 Å². The molecule has 5 aliphatic rings. The highest BCUT2D eigenvalue weighted by Gasteiger charge is 2.66. The summed E-state index contributed by atoms with van der Waals surface area (Å²) in [6.45, 7) is 2.26. The van der Waals surface area contributed by atoms with E-state index in [9.17, 15) is 9.59 Å². The lowest BCUT2D eigenvalue weighted by atomic mass is 9.49. The number of hydrogen-bond donors (Lipinski definition) is 0. The third kappa shape index (κ3) is 2.70. The summed E-state index contributed by atoms with van der Waals surface area (Å²) < 4.78 is 6.29. The third-order valence-electron chi connectivity index (χ3n) is 9.70. The zero-order valence-corrected chi connectivity index (χ0v) is 17.8. The maximum Gasteiger partial charge on any atom is 0.310 e.